The number of hydrogen-bond donors (Lipinski definition) is 0. The van der Waals surface area contributed by atoms with E-state index in [9.17, 15) is 4.79 Å². The van der Waals surface area contributed by atoms with Gasteiger partial charge in [-0.3, -0.25) is 4.79 Å². The summed E-state index contributed by atoms with van der Waals surface area (Å²) in [5, 5.41) is 0. The summed E-state index contributed by atoms with van der Waals surface area (Å²) in [6, 6.07) is 0. The van der Waals surface area contributed by atoms with E-state index in [1.165, 1.54) is 50.5 Å². The van der Waals surface area contributed by atoms with E-state index in [1.807, 2.05) is 0 Å². The highest BCUT2D eigenvalue weighted by Crippen LogP contribution is 2.55. The summed E-state index contributed by atoms with van der Waals surface area (Å²) in [5.74, 6) is 5.31. The number of hydrogen-bond acceptors (Lipinski definition) is 1. The predicted molar refractivity (Wildman–Crippen MR) is 72.1 cm³/mol. The van der Waals surface area contributed by atoms with Crippen LogP contribution in [-0.4, -0.2) is 5.78 Å². The van der Waals surface area contributed by atoms with E-state index < -0.39 is 0 Å². The van der Waals surface area contributed by atoms with Gasteiger partial charge >= 0.3 is 0 Å². The number of carbonyl (C=O) groups is 1. The number of ketones is 1. The molecule has 4 aliphatic rings. The number of fused-ring (bicyclic) bond motifs is 5. The molecule has 5 unspecified atom stereocenters. The molecular weight excluding hydrogens is 220 g/mol. The molecular formula is C17H24O. The van der Waals surface area contributed by atoms with Crippen LogP contribution in [0.25, 0.3) is 0 Å². The maximum absolute atomic E-state index is 11.6. The van der Waals surface area contributed by atoms with Gasteiger partial charge in [0.05, 0.1) is 0 Å². The van der Waals surface area contributed by atoms with Crippen LogP contribution in [-0.2, 0) is 4.79 Å². The minimum Gasteiger partial charge on any atom is -0.299 e. The lowest BCUT2D eigenvalue weighted by Crippen LogP contribution is -2.40. The third-order valence-electron chi connectivity index (χ3n) is 6.47. The topological polar surface area (TPSA) is 17.1 Å². The summed E-state index contributed by atoms with van der Waals surface area (Å²) in [4.78, 5) is 11.6. The standard InChI is InChI=1S/C17H24O/c18-13-6-9-15-12(10-13)5-8-16-14-3-1-2-11(14)4-7-17(15)16/h5,11,14-17H,1-4,6-10H2. The first-order valence-corrected chi connectivity index (χ1v) is 8.03. The van der Waals surface area contributed by atoms with Gasteiger partial charge in [-0.2, -0.15) is 0 Å². The lowest BCUT2D eigenvalue weighted by atomic mass is 9.57. The van der Waals surface area contributed by atoms with Crippen molar-refractivity contribution in [1.82, 2.24) is 0 Å². The third-order valence-corrected chi connectivity index (χ3v) is 6.47. The molecule has 0 bridgehead atoms. The van der Waals surface area contributed by atoms with Crippen LogP contribution >= 0.6 is 0 Å². The van der Waals surface area contributed by atoms with Gasteiger partial charge in [-0.1, -0.05) is 24.5 Å². The second-order valence-corrected chi connectivity index (χ2v) is 7.14. The van der Waals surface area contributed by atoms with Crippen molar-refractivity contribution in [3.8, 4) is 0 Å². The number of Topliss-reactive ketones (excluding diaryl/α,β-unsaturated/α-hetero) is 1. The van der Waals surface area contributed by atoms with Gasteiger partial charge in [-0.05, 0) is 61.7 Å². The minimum atomic E-state index is 0.491. The quantitative estimate of drug-likeness (QED) is 0.586. The van der Waals surface area contributed by atoms with Gasteiger partial charge in [-0.25, -0.2) is 0 Å². The molecule has 4 rings (SSSR count). The second kappa shape index (κ2) is 4.21. The summed E-state index contributed by atoms with van der Waals surface area (Å²) in [5.41, 5.74) is 1.53. The molecule has 0 aromatic rings. The van der Waals surface area contributed by atoms with Gasteiger partial charge in [-0.15, -0.1) is 0 Å². The Morgan fingerprint density at radius 1 is 0.944 bits per heavy atom. The van der Waals surface area contributed by atoms with Crippen LogP contribution in [0.4, 0.5) is 0 Å². The van der Waals surface area contributed by atoms with Crippen molar-refractivity contribution in [3.63, 3.8) is 0 Å². The van der Waals surface area contributed by atoms with Crippen molar-refractivity contribution in [3.05, 3.63) is 11.6 Å². The Kier molecular flexibility index (Phi) is 2.63. The molecule has 0 saturated heterocycles. The molecule has 1 nitrogen and oxygen atoms in total. The summed E-state index contributed by atoms with van der Waals surface area (Å²) in [6.45, 7) is 0. The minimum absolute atomic E-state index is 0.491. The largest absolute Gasteiger partial charge is 0.299 e. The highest BCUT2D eigenvalue weighted by molar-refractivity contribution is 5.82. The molecule has 0 radical (unpaired) electrons. The summed E-state index contributed by atoms with van der Waals surface area (Å²) in [6.07, 6.45) is 14.0. The van der Waals surface area contributed by atoms with Crippen molar-refractivity contribution >= 4 is 5.78 Å². The fourth-order valence-electron chi connectivity index (χ4n) is 5.72. The van der Waals surface area contributed by atoms with Gasteiger partial charge < -0.3 is 0 Å². The van der Waals surface area contributed by atoms with Crippen LogP contribution in [0.5, 0.6) is 0 Å². The van der Waals surface area contributed by atoms with Crippen molar-refractivity contribution in [2.75, 3.05) is 0 Å². The maximum Gasteiger partial charge on any atom is 0.136 e. The van der Waals surface area contributed by atoms with Gasteiger partial charge in [0.25, 0.3) is 0 Å². The molecule has 0 spiro atoms. The van der Waals surface area contributed by atoms with Crippen LogP contribution in [0.3, 0.4) is 0 Å². The second-order valence-electron chi connectivity index (χ2n) is 7.14. The molecule has 4 aliphatic carbocycles. The number of allylic oxidation sites excluding steroid dienone is 2. The highest BCUT2D eigenvalue weighted by Gasteiger charge is 2.46. The number of rotatable bonds is 0. The molecule has 0 aliphatic heterocycles. The zero-order valence-corrected chi connectivity index (χ0v) is 11.2. The van der Waals surface area contributed by atoms with E-state index in [0.29, 0.717) is 5.78 Å². The van der Waals surface area contributed by atoms with Crippen LogP contribution in [0, 0.1) is 29.6 Å². The molecule has 1 heteroatoms. The van der Waals surface area contributed by atoms with Gasteiger partial charge in [0.2, 0.25) is 0 Å². The Hall–Kier alpha value is -0.590. The Labute approximate surface area is 110 Å². The SMILES string of the molecule is O=C1CCC2C(=CCC3C4CCCC4CCC23)C1. The van der Waals surface area contributed by atoms with E-state index in [0.717, 1.165) is 42.4 Å². The first-order valence-electron chi connectivity index (χ1n) is 8.03. The zero-order valence-electron chi connectivity index (χ0n) is 11.2. The predicted octanol–water partition coefficient (Wildman–Crippen LogP) is 4.13. The Morgan fingerprint density at radius 2 is 1.89 bits per heavy atom. The molecule has 0 N–H and O–H groups in total. The first kappa shape index (κ1) is 11.3. The Balaban J connectivity index is 1.61. The van der Waals surface area contributed by atoms with E-state index in [-0.39, 0.29) is 0 Å². The summed E-state index contributed by atoms with van der Waals surface area (Å²) < 4.78 is 0. The van der Waals surface area contributed by atoms with E-state index in [4.69, 9.17) is 0 Å². The van der Waals surface area contributed by atoms with Gasteiger partial charge in [0, 0.05) is 12.8 Å². The monoisotopic (exact) mass is 244 g/mol. The van der Waals surface area contributed by atoms with Crippen molar-refractivity contribution in [2.24, 2.45) is 29.6 Å². The van der Waals surface area contributed by atoms with Crippen LogP contribution in [0.2, 0.25) is 0 Å². The fourth-order valence-corrected chi connectivity index (χ4v) is 5.72. The van der Waals surface area contributed by atoms with E-state index in [2.05, 4.69) is 6.08 Å². The third kappa shape index (κ3) is 1.62. The molecule has 18 heavy (non-hydrogen) atoms. The van der Waals surface area contributed by atoms with E-state index in [1.54, 1.807) is 0 Å². The molecule has 98 valence electrons. The lowest BCUT2D eigenvalue weighted by molar-refractivity contribution is -0.120. The Morgan fingerprint density at radius 3 is 2.83 bits per heavy atom. The average molecular weight is 244 g/mol. The molecule has 3 fully saturated rings. The Bertz CT molecular complexity index is 394. The molecule has 5 atom stereocenters. The normalized spacial score (nSPS) is 47.0. The van der Waals surface area contributed by atoms with E-state index >= 15 is 0 Å². The molecule has 0 aromatic heterocycles. The number of carbonyl (C=O) groups excluding carboxylic acids is 1. The van der Waals surface area contributed by atoms with Crippen LogP contribution in [0.15, 0.2) is 11.6 Å². The lowest BCUT2D eigenvalue weighted by Gasteiger charge is -2.48. The smallest absolute Gasteiger partial charge is 0.136 e. The van der Waals surface area contributed by atoms with Crippen molar-refractivity contribution in [1.29, 1.82) is 0 Å². The summed E-state index contributed by atoms with van der Waals surface area (Å²) >= 11 is 0. The van der Waals surface area contributed by atoms with Crippen LogP contribution < -0.4 is 0 Å². The zero-order chi connectivity index (χ0) is 12.1. The molecule has 0 aromatic carbocycles. The molecule has 0 amide bonds. The molecule has 0 heterocycles. The van der Waals surface area contributed by atoms with Crippen LogP contribution in [0.1, 0.15) is 57.8 Å². The first-order chi connectivity index (χ1) is 8.83. The van der Waals surface area contributed by atoms with Gasteiger partial charge in [0.15, 0.2) is 0 Å². The highest BCUT2D eigenvalue weighted by atomic mass is 16.1. The van der Waals surface area contributed by atoms with Crippen molar-refractivity contribution < 1.29 is 4.79 Å². The van der Waals surface area contributed by atoms with Gasteiger partial charge in [0.1, 0.15) is 5.78 Å². The fraction of sp³-hybridized carbons (Fsp3) is 0.824. The van der Waals surface area contributed by atoms with Crippen molar-refractivity contribution in [2.45, 2.75) is 57.8 Å². The summed E-state index contributed by atoms with van der Waals surface area (Å²) in [7, 11) is 0. The molecule has 3 saturated carbocycles. The maximum atomic E-state index is 11.6. The average Bonchev–Trinajstić information content (AvgIpc) is 2.86.